The van der Waals surface area contributed by atoms with Gasteiger partial charge < -0.3 is 21.1 Å². The number of nitrogens with two attached hydrogens (primary N) is 2. The Balaban J connectivity index is 1.45. The molecule has 0 aromatic carbocycles. The predicted molar refractivity (Wildman–Crippen MR) is 127 cm³/mol. The lowest BCUT2D eigenvalue weighted by atomic mass is 10.1. The Kier molecular flexibility index (Phi) is 5.51. The van der Waals surface area contributed by atoms with Gasteiger partial charge in [-0.25, -0.2) is 9.50 Å². The molecular formula is C23H29N7OS. The Labute approximate surface area is 192 Å². The summed E-state index contributed by atoms with van der Waals surface area (Å²) in [5.74, 6) is 1.50. The average molecular weight is 452 g/mol. The minimum absolute atomic E-state index is 0.286. The SMILES string of the molecule is CC1(SC2CCN(c3ncnn4c(/C(N)=C/C(C#N)=C\N)cc(C5CC5)c34)CC2)COC1. The zero-order valence-electron chi connectivity index (χ0n) is 18.3. The highest BCUT2D eigenvalue weighted by Gasteiger charge is 2.38. The zero-order valence-corrected chi connectivity index (χ0v) is 19.1. The summed E-state index contributed by atoms with van der Waals surface area (Å²) in [5, 5.41) is 14.4. The van der Waals surface area contributed by atoms with Gasteiger partial charge in [-0.15, -0.1) is 11.8 Å². The molecule has 5 rings (SSSR count). The first-order valence-electron chi connectivity index (χ1n) is 11.2. The second-order valence-corrected chi connectivity index (χ2v) is 11.1. The molecule has 1 saturated carbocycles. The molecule has 2 saturated heterocycles. The molecule has 3 fully saturated rings. The van der Waals surface area contributed by atoms with Crippen LogP contribution >= 0.6 is 11.8 Å². The van der Waals surface area contributed by atoms with E-state index in [-0.39, 0.29) is 4.75 Å². The van der Waals surface area contributed by atoms with Gasteiger partial charge in [-0.1, -0.05) is 0 Å². The van der Waals surface area contributed by atoms with Crippen molar-refractivity contribution in [2.75, 3.05) is 31.2 Å². The van der Waals surface area contributed by atoms with Crippen LogP contribution in [0.3, 0.4) is 0 Å². The Bertz CT molecular complexity index is 1120. The van der Waals surface area contributed by atoms with Crippen LogP contribution < -0.4 is 16.4 Å². The Hall–Kier alpha value is -2.70. The fourth-order valence-corrected chi connectivity index (χ4v) is 6.16. The van der Waals surface area contributed by atoms with Crippen LogP contribution in [0.4, 0.5) is 5.82 Å². The third-order valence-corrected chi connectivity index (χ3v) is 8.11. The minimum Gasteiger partial charge on any atom is -0.404 e. The number of nitrogens with zero attached hydrogens (tertiary/aromatic N) is 5. The first-order valence-corrected chi connectivity index (χ1v) is 12.1. The fraction of sp³-hybridized carbons (Fsp3) is 0.522. The quantitative estimate of drug-likeness (QED) is 0.508. The smallest absolute Gasteiger partial charge is 0.156 e. The molecule has 0 amide bonds. The van der Waals surface area contributed by atoms with Crippen molar-refractivity contribution in [3.8, 4) is 6.07 Å². The van der Waals surface area contributed by atoms with Gasteiger partial charge in [0, 0.05) is 24.5 Å². The summed E-state index contributed by atoms with van der Waals surface area (Å²) in [6, 6.07) is 4.17. The van der Waals surface area contributed by atoms with E-state index in [4.69, 9.17) is 21.2 Å². The number of anilines is 1. The van der Waals surface area contributed by atoms with Crippen molar-refractivity contribution in [1.29, 1.82) is 5.26 Å². The van der Waals surface area contributed by atoms with Crippen molar-refractivity contribution in [2.24, 2.45) is 11.5 Å². The van der Waals surface area contributed by atoms with Gasteiger partial charge in [0.1, 0.15) is 17.9 Å². The topological polar surface area (TPSA) is 118 Å². The summed E-state index contributed by atoms with van der Waals surface area (Å²) in [4.78, 5) is 7.11. The lowest BCUT2D eigenvalue weighted by Gasteiger charge is -2.42. The maximum Gasteiger partial charge on any atom is 0.156 e. The van der Waals surface area contributed by atoms with Crippen LogP contribution in [0.2, 0.25) is 0 Å². The molecule has 0 radical (unpaired) electrons. The maximum atomic E-state index is 9.22. The molecule has 9 heteroatoms. The van der Waals surface area contributed by atoms with Crippen molar-refractivity contribution in [3.05, 3.63) is 41.5 Å². The normalized spacial score (nSPS) is 22.1. The molecule has 4 N–H and O–H groups in total. The third kappa shape index (κ3) is 3.93. The summed E-state index contributed by atoms with van der Waals surface area (Å²) < 4.78 is 7.60. The standard InChI is InChI=1S/C23H29N7OS/c1-23(12-31-13-23)32-17-4-6-29(7-5-17)22-21-18(16-2-3-16)9-20(30(21)28-14-27-22)19(26)8-15(10-24)11-25/h8-10,14,16-17H,2-7,12-13,24,26H2,1H3/b15-10+,19-8-. The molecule has 4 heterocycles. The molecule has 2 aromatic rings. The Morgan fingerprint density at radius 3 is 2.66 bits per heavy atom. The van der Waals surface area contributed by atoms with Crippen LogP contribution in [-0.2, 0) is 4.74 Å². The van der Waals surface area contributed by atoms with E-state index in [2.05, 4.69) is 40.8 Å². The molecule has 0 unspecified atom stereocenters. The number of allylic oxidation sites excluding steroid dienone is 2. The summed E-state index contributed by atoms with van der Waals surface area (Å²) in [6.45, 7) is 5.99. The van der Waals surface area contributed by atoms with E-state index in [0.717, 1.165) is 56.2 Å². The van der Waals surface area contributed by atoms with Crippen molar-refractivity contribution < 1.29 is 4.74 Å². The monoisotopic (exact) mass is 451 g/mol. The van der Waals surface area contributed by atoms with Gasteiger partial charge >= 0.3 is 0 Å². The van der Waals surface area contributed by atoms with Crippen LogP contribution in [0, 0.1) is 11.3 Å². The lowest BCUT2D eigenvalue weighted by Crippen LogP contribution is -2.46. The molecular weight excluding hydrogens is 422 g/mol. The molecule has 2 aromatic heterocycles. The highest BCUT2D eigenvalue weighted by molar-refractivity contribution is 8.01. The first kappa shape index (κ1) is 21.2. The summed E-state index contributed by atoms with van der Waals surface area (Å²) in [5.41, 5.74) is 15.8. The van der Waals surface area contributed by atoms with Gasteiger partial charge in [-0.2, -0.15) is 10.4 Å². The van der Waals surface area contributed by atoms with Crippen molar-refractivity contribution in [1.82, 2.24) is 14.6 Å². The highest BCUT2D eigenvalue weighted by atomic mass is 32.2. The maximum absolute atomic E-state index is 9.22. The molecule has 1 aliphatic carbocycles. The Morgan fingerprint density at radius 2 is 2.06 bits per heavy atom. The van der Waals surface area contributed by atoms with E-state index < -0.39 is 0 Å². The van der Waals surface area contributed by atoms with Gasteiger partial charge in [0.15, 0.2) is 5.82 Å². The van der Waals surface area contributed by atoms with Crippen molar-refractivity contribution >= 4 is 28.8 Å². The van der Waals surface area contributed by atoms with E-state index in [9.17, 15) is 5.26 Å². The molecule has 0 atom stereocenters. The summed E-state index contributed by atoms with van der Waals surface area (Å²) in [6.07, 6.45) is 9.09. The number of ether oxygens (including phenoxy) is 1. The Morgan fingerprint density at radius 1 is 1.31 bits per heavy atom. The molecule has 2 aliphatic heterocycles. The number of hydrogen-bond acceptors (Lipinski definition) is 8. The van der Waals surface area contributed by atoms with Crippen LogP contribution in [0.25, 0.3) is 11.2 Å². The fourth-order valence-electron chi connectivity index (χ4n) is 4.60. The van der Waals surface area contributed by atoms with Gasteiger partial charge in [0.25, 0.3) is 0 Å². The predicted octanol–water partition coefficient (Wildman–Crippen LogP) is 2.76. The van der Waals surface area contributed by atoms with E-state index in [0.29, 0.717) is 22.4 Å². The second kappa shape index (κ2) is 8.34. The van der Waals surface area contributed by atoms with Gasteiger partial charge in [-0.05, 0) is 56.2 Å². The molecule has 0 bridgehead atoms. The number of rotatable bonds is 6. The first-order chi connectivity index (χ1) is 15.5. The van der Waals surface area contributed by atoms with Crippen LogP contribution in [-0.4, -0.2) is 50.9 Å². The number of nitriles is 1. The molecule has 168 valence electrons. The number of thioether (sulfide) groups is 1. The molecule has 0 spiro atoms. The average Bonchev–Trinajstić information content (AvgIpc) is 3.56. The van der Waals surface area contributed by atoms with E-state index in [1.807, 2.05) is 4.52 Å². The second-order valence-electron chi connectivity index (χ2n) is 9.18. The highest BCUT2D eigenvalue weighted by Crippen LogP contribution is 2.46. The molecule has 3 aliphatic rings. The minimum atomic E-state index is 0.286. The molecule has 32 heavy (non-hydrogen) atoms. The summed E-state index contributed by atoms with van der Waals surface area (Å²) in [7, 11) is 0. The van der Waals surface area contributed by atoms with Crippen molar-refractivity contribution in [3.63, 3.8) is 0 Å². The number of aromatic nitrogens is 3. The van der Waals surface area contributed by atoms with E-state index in [1.165, 1.54) is 24.6 Å². The molecule has 8 nitrogen and oxygen atoms in total. The lowest BCUT2D eigenvalue weighted by molar-refractivity contribution is -0.000377. The van der Waals surface area contributed by atoms with Gasteiger partial charge in [0.2, 0.25) is 0 Å². The third-order valence-electron chi connectivity index (χ3n) is 6.50. The van der Waals surface area contributed by atoms with Crippen LogP contribution in [0.1, 0.15) is 49.8 Å². The van der Waals surface area contributed by atoms with Crippen molar-refractivity contribution in [2.45, 2.75) is 48.5 Å². The number of hydrogen-bond donors (Lipinski definition) is 2. The zero-order chi connectivity index (χ0) is 22.3. The van der Waals surface area contributed by atoms with E-state index >= 15 is 0 Å². The summed E-state index contributed by atoms with van der Waals surface area (Å²) >= 11 is 2.09. The van der Waals surface area contributed by atoms with E-state index in [1.54, 1.807) is 12.4 Å². The number of fused-ring (bicyclic) bond motifs is 1. The van der Waals surface area contributed by atoms with Crippen LogP contribution in [0.15, 0.2) is 30.2 Å². The number of piperidine rings is 1. The van der Waals surface area contributed by atoms with Gasteiger partial charge in [-0.3, -0.25) is 0 Å². The van der Waals surface area contributed by atoms with Crippen LogP contribution in [0.5, 0.6) is 0 Å². The van der Waals surface area contributed by atoms with Gasteiger partial charge in [0.05, 0.1) is 34.9 Å². The largest absolute Gasteiger partial charge is 0.404 e.